The van der Waals surface area contributed by atoms with Crippen LogP contribution in [0, 0.1) is 23.2 Å². The second-order valence-corrected chi connectivity index (χ2v) is 9.76. The molecule has 2 saturated heterocycles. The number of carbonyl (C=O) groups excluding carboxylic acids is 1. The Morgan fingerprint density at radius 3 is 2.67 bits per heavy atom. The molecule has 2 aromatic heterocycles. The molecule has 2 atom stereocenters. The molecule has 3 aromatic rings. The van der Waals surface area contributed by atoms with Crippen LogP contribution in [0.2, 0.25) is 0 Å². The number of fused-ring (bicyclic) bond motifs is 1. The maximum absolute atomic E-state index is 12.8. The number of anilines is 2. The molecule has 0 radical (unpaired) electrons. The molecule has 4 heterocycles. The molecule has 0 bridgehead atoms. The molecule has 1 amide bonds. The second kappa shape index (κ2) is 10.8. The van der Waals surface area contributed by atoms with E-state index in [9.17, 15) is 10.1 Å². The van der Waals surface area contributed by atoms with Crippen molar-refractivity contribution in [3.63, 3.8) is 0 Å². The second-order valence-electron chi connectivity index (χ2n) is 9.76. The number of nitrogens with one attached hydrogen (secondary N) is 2. The van der Waals surface area contributed by atoms with Gasteiger partial charge in [-0.1, -0.05) is 0 Å². The number of hydrogen-bond donors (Lipinski definition) is 2. The molecule has 6 rings (SSSR count). The maximum atomic E-state index is 12.8. The lowest BCUT2D eigenvalue weighted by molar-refractivity contribution is 0.0254. The van der Waals surface area contributed by atoms with E-state index in [0.29, 0.717) is 72.6 Å². The zero-order chi connectivity index (χ0) is 26.8. The smallest absolute Gasteiger partial charge is 0.257 e. The van der Waals surface area contributed by atoms with Crippen LogP contribution in [0.15, 0.2) is 42.6 Å². The lowest BCUT2D eigenvalue weighted by Gasteiger charge is -2.23. The number of benzene rings is 1. The summed E-state index contributed by atoms with van der Waals surface area (Å²) in [5.41, 5.74) is 2.18. The van der Waals surface area contributed by atoms with E-state index in [2.05, 4.69) is 31.7 Å². The summed E-state index contributed by atoms with van der Waals surface area (Å²) in [4.78, 5) is 26.1. The highest BCUT2D eigenvalue weighted by Gasteiger charge is 2.54. The number of aromatic nitrogens is 3. The van der Waals surface area contributed by atoms with Crippen LogP contribution in [0.4, 0.5) is 11.8 Å². The Labute approximate surface area is 225 Å². The predicted octanol–water partition coefficient (Wildman–Crippen LogP) is 3.09. The molecular formula is C28H28N6O5. The predicted molar refractivity (Wildman–Crippen MR) is 140 cm³/mol. The zero-order valence-corrected chi connectivity index (χ0v) is 21.4. The van der Waals surface area contributed by atoms with Gasteiger partial charge in [-0.3, -0.25) is 4.79 Å². The van der Waals surface area contributed by atoms with Gasteiger partial charge in [-0.05, 0) is 36.4 Å². The van der Waals surface area contributed by atoms with E-state index in [1.165, 1.54) is 7.11 Å². The quantitative estimate of drug-likeness (QED) is 0.448. The van der Waals surface area contributed by atoms with Gasteiger partial charge >= 0.3 is 0 Å². The number of nitriles is 1. The molecular weight excluding hydrogens is 500 g/mol. The fourth-order valence-corrected chi connectivity index (χ4v) is 5.07. The average Bonchev–Trinajstić information content (AvgIpc) is 3.37. The first-order chi connectivity index (χ1) is 19.1. The number of rotatable bonds is 8. The summed E-state index contributed by atoms with van der Waals surface area (Å²) in [6, 6.07) is 12.9. The van der Waals surface area contributed by atoms with Crippen molar-refractivity contribution in [1.29, 1.82) is 5.26 Å². The van der Waals surface area contributed by atoms with E-state index in [-0.39, 0.29) is 23.9 Å². The first-order valence-electron chi connectivity index (χ1n) is 13.0. The molecule has 2 unspecified atom stereocenters. The Morgan fingerprint density at radius 1 is 1.08 bits per heavy atom. The minimum absolute atomic E-state index is 0.0384. The van der Waals surface area contributed by atoms with Crippen LogP contribution < -0.4 is 20.1 Å². The Morgan fingerprint density at radius 2 is 1.90 bits per heavy atom. The summed E-state index contributed by atoms with van der Waals surface area (Å²) >= 11 is 0. The molecule has 200 valence electrons. The SMILES string of the molecule is COc1nc(Nc2nccc(-c3ccc(OC4CCOCC4)c(C#N)c3)n2)ccc1C(=O)NC1C2COCC21. The molecule has 2 N–H and O–H groups in total. The molecule has 11 heteroatoms. The minimum Gasteiger partial charge on any atom is -0.489 e. The number of methoxy groups -OCH3 is 1. The van der Waals surface area contributed by atoms with E-state index in [0.717, 1.165) is 18.4 Å². The Kier molecular flexibility index (Phi) is 6.96. The highest BCUT2D eigenvalue weighted by molar-refractivity contribution is 5.97. The third-order valence-electron chi connectivity index (χ3n) is 7.30. The summed E-state index contributed by atoms with van der Waals surface area (Å²) in [5, 5.41) is 15.8. The van der Waals surface area contributed by atoms with Crippen LogP contribution in [0.5, 0.6) is 11.6 Å². The lowest BCUT2D eigenvalue weighted by Crippen LogP contribution is -2.30. The number of amides is 1. The van der Waals surface area contributed by atoms with Gasteiger partial charge < -0.3 is 29.6 Å². The van der Waals surface area contributed by atoms with Gasteiger partial charge in [-0.15, -0.1) is 0 Å². The molecule has 2 aliphatic heterocycles. The van der Waals surface area contributed by atoms with Gasteiger partial charge in [0.15, 0.2) is 0 Å². The van der Waals surface area contributed by atoms with Crippen LogP contribution in [0.3, 0.4) is 0 Å². The number of nitrogens with zero attached hydrogens (tertiary/aromatic N) is 4. The maximum Gasteiger partial charge on any atom is 0.257 e. The van der Waals surface area contributed by atoms with Crippen LogP contribution >= 0.6 is 0 Å². The first-order valence-corrected chi connectivity index (χ1v) is 13.0. The molecule has 3 aliphatic rings. The summed E-state index contributed by atoms with van der Waals surface area (Å²) in [6.07, 6.45) is 3.26. The Bertz CT molecular complexity index is 1410. The highest BCUT2D eigenvalue weighted by atomic mass is 16.5. The molecule has 3 fully saturated rings. The van der Waals surface area contributed by atoms with Crippen molar-refractivity contribution >= 4 is 17.7 Å². The van der Waals surface area contributed by atoms with E-state index in [4.69, 9.17) is 18.9 Å². The van der Waals surface area contributed by atoms with Crippen molar-refractivity contribution in [2.45, 2.75) is 25.0 Å². The molecule has 39 heavy (non-hydrogen) atoms. The molecule has 1 aliphatic carbocycles. The van der Waals surface area contributed by atoms with E-state index in [1.54, 1.807) is 36.5 Å². The van der Waals surface area contributed by atoms with Gasteiger partial charge in [0.2, 0.25) is 11.8 Å². The summed E-state index contributed by atoms with van der Waals surface area (Å²) in [5.74, 6) is 2.08. The van der Waals surface area contributed by atoms with E-state index in [1.807, 2.05) is 6.07 Å². The topological polar surface area (TPSA) is 141 Å². The highest BCUT2D eigenvalue weighted by Crippen LogP contribution is 2.44. The first kappa shape index (κ1) is 25.0. The van der Waals surface area contributed by atoms with E-state index >= 15 is 0 Å². The zero-order valence-electron chi connectivity index (χ0n) is 21.4. The Balaban J connectivity index is 1.15. The van der Waals surface area contributed by atoms with Gasteiger partial charge in [0.05, 0.1) is 44.8 Å². The van der Waals surface area contributed by atoms with Gasteiger partial charge in [0.25, 0.3) is 5.91 Å². The van der Waals surface area contributed by atoms with Gasteiger partial charge in [-0.2, -0.15) is 10.2 Å². The molecule has 1 aromatic carbocycles. The van der Waals surface area contributed by atoms with Crippen LogP contribution in [-0.4, -0.2) is 66.5 Å². The van der Waals surface area contributed by atoms with Crippen LogP contribution in [0.1, 0.15) is 28.8 Å². The standard InChI is InChI=1S/C28H28N6O5/c1-36-27-19(26(35)34-25-20-14-38-15-21(20)25)3-5-24(32-27)33-28-30-9-6-22(31-28)16-2-4-23(17(12-16)13-29)39-18-7-10-37-11-8-18/h2-6,9,12,18,20-21,25H,7-8,10-11,14-15H2,1H3,(H,34,35)(H,30,31,32,33). The van der Waals surface area contributed by atoms with Crippen molar-refractivity contribution in [1.82, 2.24) is 20.3 Å². The number of pyridine rings is 1. The summed E-state index contributed by atoms with van der Waals surface area (Å²) in [7, 11) is 1.47. The normalized spacial score (nSPS) is 21.9. The molecule has 1 saturated carbocycles. The third kappa shape index (κ3) is 5.34. The van der Waals surface area contributed by atoms with Crippen molar-refractivity contribution in [2.75, 3.05) is 38.9 Å². The van der Waals surface area contributed by atoms with Crippen LogP contribution in [-0.2, 0) is 9.47 Å². The van der Waals surface area contributed by atoms with Gasteiger partial charge in [-0.25, -0.2) is 9.97 Å². The number of ether oxygens (including phenoxy) is 4. The lowest BCUT2D eigenvalue weighted by atomic mass is 10.1. The van der Waals surface area contributed by atoms with Crippen LogP contribution in [0.25, 0.3) is 11.3 Å². The largest absolute Gasteiger partial charge is 0.489 e. The minimum atomic E-state index is -0.221. The third-order valence-corrected chi connectivity index (χ3v) is 7.30. The van der Waals surface area contributed by atoms with Gasteiger partial charge in [0, 0.05) is 42.5 Å². The fraction of sp³-hybridized carbons (Fsp3) is 0.393. The van der Waals surface area contributed by atoms with Crippen molar-refractivity contribution in [3.05, 3.63) is 53.7 Å². The summed E-state index contributed by atoms with van der Waals surface area (Å²) in [6.45, 7) is 2.71. The van der Waals surface area contributed by atoms with Gasteiger partial charge in [0.1, 0.15) is 29.3 Å². The van der Waals surface area contributed by atoms with Crippen molar-refractivity contribution in [3.8, 4) is 29.0 Å². The average molecular weight is 529 g/mol. The van der Waals surface area contributed by atoms with Crippen molar-refractivity contribution in [2.24, 2.45) is 11.8 Å². The monoisotopic (exact) mass is 528 g/mol. The summed E-state index contributed by atoms with van der Waals surface area (Å²) < 4.78 is 22.2. The van der Waals surface area contributed by atoms with E-state index < -0.39 is 0 Å². The Hall–Kier alpha value is -4.27. The molecule has 0 spiro atoms. The fourth-order valence-electron chi connectivity index (χ4n) is 5.07. The number of hydrogen-bond acceptors (Lipinski definition) is 10. The van der Waals surface area contributed by atoms with Crippen molar-refractivity contribution < 1.29 is 23.7 Å². The molecule has 11 nitrogen and oxygen atoms in total. The number of carbonyl (C=O) groups is 1.